The maximum absolute atomic E-state index is 2.47. The number of fused-ring (bicyclic) bond motifs is 6. The second-order valence-corrected chi connectivity index (χ2v) is 16.5. The second kappa shape index (κ2) is 15.8. The van der Waals surface area contributed by atoms with Gasteiger partial charge in [-0.3, -0.25) is 0 Å². The fourth-order valence-corrected chi connectivity index (χ4v) is 9.82. The monoisotopic (exact) mass is 814 g/mol. The van der Waals surface area contributed by atoms with Gasteiger partial charge in [-0.05, 0) is 116 Å². The van der Waals surface area contributed by atoms with E-state index >= 15 is 0 Å². The standard InChI is InChI=1S/C62H42N2/c1-3-18-43(19-4-1)45-21-15-22-46(40-45)44-36-38-51(39-37-44)64(61-42-49-20-7-8-27-52(49)55-29-9-10-30-56(55)61)58-33-13-11-28-53(58)47-23-16-24-48(41-47)54-32-17-35-60-62(54)57-31-12-14-34-59(57)63(60)50-25-5-2-6-26-50/h1-42H. The lowest BCUT2D eigenvalue weighted by molar-refractivity contribution is 1.18. The van der Waals surface area contributed by atoms with Crippen LogP contribution in [0.25, 0.3) is 93.5 Å². The van der Waals surface area contributed by atoms with Crippen molar-refractivity contribution in [1.29, 1.82) is 0 Å². The van der Waals surface area contributed by atoms with Gasteiger partial charge in [-0.2, -0.15) is 0 Å². The van der Waals surface area contributed by atoms with Crippen LogP contribution < -0.4 is 4.90 Å². The average Bonchev–Trinajstić information content (AvgIpc) is 3.72. The summed E-state index contributed by atoms with van der Waals surface area (Å²) in [5.74, 6) is 0. The van der Waals surface area contributed by atoms with Crippen molar-refractivity contribution in [2.24, 2.45) is 0 Å². The first-order chi connectivity index (χ1) is 31.8. The van der Waals surface area contributed by atoms with E-state index in [1.165, 1.54) is 76.7 Å². The van der Waals surface area contributed by atoms with Gasteiger partial charge in [-0.1, -0.05) is 194 Å². The summed E-state index contributed by atoms with van der Waals surface area (Å²) in [7, 11) is 0. The summed E-state index contributed by atoms with van der Waals surface area (Å²) in [6.07, 6.45) is 0. The molecule has 0 radical (unpaired) electrons. The topological polar surface area (TPSA) is 8.17 Å². The lowest BCUT2D eigenvalue weighted by Crippen LogP contribution is -2.12. The normalized spacial score (nSPS) is 11.4. The molecule has 1 aromatic heterocycles. The van der Waals surface area contributed by atoms with E-state index in [1.54, 1.807) is 0 Å². The van der Waals surface area contributed by atoms with Gasteiger partial charge in [-0.15, -0.1) is 0 Å². The van der Waals surface area contributed by atoms with E-state index in [2.05, 4.69) is 264 Å². The molecule has 64 heavy (non-hydrogen) atoms. The minimum Gasteiger partial charge on any atom is -0.309 e. The third-order valence-electron chi connectivity index (χ3n) is 12.8. The number of anilines is 3. The molecule has 0 fully saturated rings. The van der Waals surface area contributed by atoms with Crippen LogP contribution in [0.15, 0.2) is 255 Å². The van der Waals surface area contributed by atoms with Gasteiger partial charge in [0.15, 0.2) is 0 Å². The van der Waals surface area contributed by atoms with Crippen LogP contribution in [0.3, 0.4) is 0 Å². The molecule has 0 aliphatic rings. The molecule has 0 saturated carbocycles. The summed E-state index contributed by atoms with van der Waals surface area (Å²) < 4.78 is 2.39. The van der Waals surface area contributed by atoms with Crippen LogP contribution in [0.1, 0.15) is 0 Å². The molecule has 11 aromatic carbocycles. The number of aromatic nitrogens is 1. The van der Waals surface area contributed by atoms with E-state index in [0.29, 0.717) is 0 Å². The largest absolute Gasteiger partial charge is 0.309 e. The molecule has 0 amide bonds. The zero-order valence-electron chi connectivity index (χ0n) is 35.1. The van der Waals surface area contributed by atoms with E-state index in [1.807, 2.05) is 0 Å². The molecule has 0 unspecified atom stereocenters. The number of nitrogens with zero attached hydrogens (tertiary/aromatic N) is 2. The lowest BCUT2D eigenvalue weighted by Gasteiger charge is -2.30. The smallest absolute Gasteiger partial charge is 0.0547 e. The Morgan fingerprint density at radius 2 is 0.797 bits per heavy atom. The van der Waals surface area contributed by atoms with Crippen molar-refractivity contribution in [3.05, 3.63) is 255 Å². The summed E-state index contributed by atoms with van der Waals surface area (Å²) in [5, 5.41) is 7.39. The Labute approximate surface area is 373 Å². The van der Waals surface area contributed by atoms with E-state index in [4.69, 9.17) is 0 Å². The predicted octanol–water partition coefficient (Wildman–Crippen LogP) is 17.2. The highest BCUT2D eigenvalue weighted by atomic mass is 15.1. The molecule has 0 bridgehead atoms. The Bertz CT molecular complexity index is 3660. The third kappa shape index (κ3) is 6.44. The molecule has 0 spiro atoms. The molecular weight excluding hydrogens is 773 g/mol. The molecule has 0 saturated heterocycles. The third-order valence-corrected chi connectivity index (χ3v) is 12.8. The van der Waals surface area contributed by atoms with Gasteiger partial charge in [0.1, 0.15) is 0 Å². The van der Waals surface area contributed by atoms with Crippen molar-refractivity contribution in [3.8, 4) is 50.2 Å². The second-order valence-electron chi connectivity index (χ2n) is 16.5. The average molecular weight is 815 g/mol. The zero-order chi connectivity index (χ0) is 42.4. The molecule has 0 aliphatic heterocycles. The van der Waals surface area contributed by atoms with Gasteiger partial charge >= 0.3 is 0 Å². The van der Waals surface area contributed by atoms with E-state index < -0.39 is 0 Å². The summed E-state index contributed by atoms with van der Waals surface area (Å²) >= 11 is 0. The van der Waals surface area contributed by atoms with Gasteiger partial charge in [0.05, 0.1) is 22.4 Å². The molecule has 1 heterocycles. The highest BCUT2D eigenvalue weighted by molar-refractivity contribution is 6.17. The van der Waals surface area contributed by atoms with Crippen LogP contribution in [0.2, 0.25) is 0 Å². The zero-order valence-corrected chi connectivity index (χ0v) is 35.1. The van der Waals surface area contributed by atoms with E-state index in [-0.39, 0.29) is 0 Å². The van der Waals surface area contributed by atoms with Gasteiger partial charge in [0, 0.05) is 33.1 Å². The van der Waals surface area contributed by atoms with E-state index in [0.717, 1.165) is 33.9 Å². The van der Waals surface area contributed by atoms with Crippen molar-refractivity contribution >= 4 is 60.4 Å². The maximum atomic E-state index is 2.47. The van der Waals surface area contributed by atoms with Crippen molar-refractivity contribution in [2.75, 3.05) is 4.90 Å². The Balaban J connectivity index is 1.03. The molecule has 0 N–H and O–H groups in total. The molecule has 12 rings (SSSR count). The van der Waals surface area contributed by atoms with Crippen LogP contribution in [0.5, 0.6) is 0 Å². The number of rotatable bonds is 8. The molecular formula is C62H42N2. The van der Waals surface area contributed by atoms with Gasteiger partial charge < -0.3 is 9.47 Å². The number of para-hydroxylation sites is 3. The fourth-order valence-electron chi connectivity index (χ4n) is 9.82. The molecule has 2 heteroatoms. The Morgan fingerprint density at radius 1 is 0.281 bits per heavy atom. The van der Waals surface area contributed by atoms with Gasteiger partial charge in [-0.25, -0.2) is 0 Å². The fraction of sp³-hybridized carbons (Fsp3) is 0. The molecule has 0 atom stereocenters. The highest BCUT2D eigenvalue weighted by Gasteiger charge is 2.22. The Morgan fingerprint density at radius 3 is 1.58 bits per heavy atom. The van der Waals surface area contributed by atoms with Crippen LogP contribution in [-0.4, -0.2) is 4.57 Å². The molecule has 300 valence electrons. The first kappa shape index (κ1) is 37.3. The summed E-state index contributed by atoms with van der Waals surface area (Å²) in [4.78, 5) is 2.47. The summed E-state index contributed by atoms with van der Waals surface area (Å²) in [6, 6.07) is 92.7. The van der Waals surface area contributed by atoms with Crippen molar-refractivity contribution in [2.45, 2.75) is 0 Å². The van der Waals surface area contributed by atoms with Crippen LogP contribution in [0.4, 0.5) is 17.1 Å². The number of hydrogen-bond acceptors (Lipinski definition) is 1. The van der Waals surface area contributed by atoms with Crippen LogP contribution in [0, 0.1) is 0 Å². The maximum Gasteiger partial charge on any atom is 0.0547 e. The predicted molar refractivity (Wildman–Crippen MR) is 272 cm³/mol. The van der Waals surface area contributed by atoms with Gasteiger partial charge in [0.2, 0.25) is 0 Å². The highest BCUT2D eigenvalue weighted by Crippen LogP contribution is 2.47. The summed E-state index contributed by atoms with van der Waals surface area (Å²) in [5.41, 5.74) is 16.4. The number of hydrogen-bond donors (Lipinski definition) is 0. The van der Waals surface area contributed by atoms with Crippen molar-refractivity contribution in [3.63, 3.8) is 0 Å². The summed E-state index contributed by atoms with van der Waals surface area (Å²) in [6.45, 7) is 0. The molecule has 0 aliphatic carbocycles. The minimum atomic E-state index is 1.09. The van der Waals surface area contributed by atoms with Crippen LogP contribution >= 0.6 is 0 Å². The van der Waals surface area contributed by atoms with Crippen molar-refractivity contribution in [1.82, 2.24) is 4.57 Å². The Hall–Kier alpha value is -8.46. The lowest BCUT2D eigenvalue weighted by atomic mass is 9.94. The quantitative estimate of drug-likeness (QED) is 0.139. The minimum absolute atomic E-state index is 1.09. The van der Waals surface area contributed by atoms with Crippen LogP contribution in [-0.2, 0) is 0 Å². The SMILES string of the molecule is c1ccc(-c2cccc(-c3ccc(N(c4ccccc4-c4cccc(-c5cccc6c5c5ccccc5n6-c5ccccc5)c4)c4cc5ccccc5c5ccccc45)cc3)c2)cc1. The first-order valence-corrected chi connectivity index (χ1v) is 22.0. The number of benzene rings is 11. The Kier molecular flexibility index (Phi) is 9.20. The van der Waals surface area contributed by atoms with E-state index in [9.17, 15) is 0 Å². The molecule has 12 aromatic rings. The molecule has 2 nitrogen and oxygen atoms in total. The van der Waals surface area contributed by atoms with Gasteiger partial charge in [0.25, 0.3) is 0 Å². The first-order valence-electron chi connectivity index (χ1n) is 22.0. The van der Waals surface area contributed by atoms with Crippen molar-refractivity contribution < 1.29 is 0 Å².